The van der Waals surface area contributed by atoms with Crippen molar-refractivity contribution in [1.29, 1.82) is 0 Å². The Hall–Kier alpha value is -0.220. The van der Waals surface area contributed by atoms with E-state index in [2.05, 4.69) is 0 Å². The molecule has 0 amide bonds. The molecular weight excluding hydrogens is 497 g/mol. The van der Waals surface area contributed by atoms with Crippen molar-refractivity contribution >= 4 is 69.6 Å². The van der Waals surface area contributed by atoms with Crippen LogP contribution in [0, 0.1) is 0 Å². The van der Waals surface area contributed by atoms with Crippen LogP contribution in [-0.2, 0) is 5.41 Å². The molecule has 2 nitrogen and oxygen atoms in total. The lowest BCUT2D eigenvalue weighted by molar-refractivity contribution is 0.199. The van der Waals surface area contributed by atoms with Crippen LogP contribution in [0.25, 0.3) is 0 Å². The number of benzene rings is 2. The third kappa shape index (κ3) is 6.38. The van der Waals surface area contributed by atoms with Crippen molar-refractivity contribution in [2.45, 2.75) is 57.1 Å². The maximum absolute atomic E-state index is 6.44. The molecule has 8 heteroatoms. The van der Waals surface area contributed by atoms with E-state index in [1.165, 1.54) is 0 Å². The maximum Gasteiger partial charge on any atom is 0.177 e. The summed E-state index contributed by atoms with van der Waals surface area (Å²) < 4.78 is 11.3. The molecule has 0 bridgehead atoms. The van der Waals surface area contributed by atoms with Crippen molar-refractivity contribution in [1.82, 2.24) is 0 Å². The summed E-state index contributed by atoms with van der Waals surface area (Å²) in [5.74, 6) is 0.661. The Morgan fingerprint density at radius 1 is 0.552 bits per heavy atom. The van der Waals surface area contributed by atoms with Gasteiger partial charge >= 0.3 is 0 Å². The van der Waals surface area contributed by atoms with Gasteiger partial charge in [-0.05, 0) is 63.1 Å². The first-order chi connectivity index (χ1) is 13.0. The highest BCUT2D eigenvalue weighted by Crippen LogP contribution is 2.45. The summed E-state index contributed by atoms with van der Waals surface area (Å²) >= 11 is 38.0. The molecule has 0 aliphatic rings. The van der Waals surface area contributed by atoms with E-state index in [0.29, 0.717) is 31.6 Å². The van der Waals surface area contributed by atoms with Crippen molar-refractivity contribution in [3.05, 3.63) is 55.5 Å². The van der Waals surface area contributed by atoms with Crippen LogP contribution < -0.4 is 9.47 Å². The third-order valence-electron chi connectivity index (χ3n) is 4.13. The van der Waals surface area contributed by atoms with Crippen LogP contribution in [-0.4, -0.2) is 10.1 Å². The molecule has 2 rings (SSSR count). The fourth-order valence-corrected chi connectivity index (χ4v) is 3.97. The van der Waals surface area contributed by atoms with E-state index in [1.54, 1.807) is 52.0 Å². The summed E-state index contributed by atoms with van der Waals surface area (Å²) in [7, 11) is 0. The van der Waals surface area contributed by atoms with Gasteiger partial charge in [0.1, 0.15) is 0 Å². The van der Waals surface area contributed by atoms with Crippen molar-refractivity contribution in [3.63, 3.8) is 0 Å². The minimum Gasteiger partial charge on any atom is -0.469 e. The van der Waals surface area contributed by atoms with E-state index < -0.39 is 15.5 Å². The Kier molecular flexibility index (Phi) is 7.54. The second-order valence-corrected chi connectivity index (χ2v) is 11.5. The zero-order chi connectivity index (χ0) is 22.4. The highest BCUT2D eigenvalue weighted by molar-refractivity contribution is 6.38. The molecule has 0 aromatic heterocycles. The standard InChI is InChI=1S/C21H22Cl6O2/c1-19(2,11-7-13(22)17(14(23)8-11)28-20(3,4)26)12-9-15(24)18(16(25)10-12)29-21(5,6)27/h7-10H,1-6H3. The summed E-state index contributed by atoms with van der Waals surface area (Å²) in [4.78, 5) is 0. The first-order valence-corrected chi connectivity index (χ1v) is 11.0. The monoisotopic (exact) mass is 516 g/mol. The molecule has 0 aliphatic heterocycles. The van der Waals surface area contributed by atoms with Gasteiger partial charge in [-0.1, -0.05) is 83.5 Å². The fourth-order valence-electron chi connectivity index (χ4n) is 2.69. The minimum absolute atomic E-state index is 0.331. The van der Waals surface area contributed by atoms with E-state index in [9.17, 15) is 0 Å². The van der Waals surface area contributed by atoms with Crippen LogP contribution in [0.2, 0.25) is 20.1 Å². The normalized spacial score (nSPS) is 12.8. The van der Waals surface area contributed by atoms with E-state index in [4.69, 9.17) is 79.1 Å². The largest absolute Gasteiger partial charge is 0.469 e. The summed E-state index contributed by atoms with van der Waals surface area (Å²) in [5.41, 5.74) is 1.18. The highest BCUT2D eigenvalue weighted by Gasteiger charge is 2.29. The number of hydrogen-bond acceptors (Lipinski definition) is 2. The topological polar surface area (TPSA) is 18.5 Å². The molecule has 2 aromatic carbocycles. The SMILES string of the molecule is CC(C)(Cl)Oc1c(Cl)cc(C(C)(C)c2cc(Cl)c(OC(C)(C)Cl)c(Cl)c2)cc1Cl. The van der Waals surface area contributed by atoms with Crippen molar-refractivity contribution < 1.29 is 9.47 Å². The highest BCUT2D eigenvalue weighted by atomic mass is 35.5. The van der Waals surface area contributed by atoms with E-state index >= 15 is 0 Å². The molecule has 0 saturated heterocycles. The molecule has 0 aliphatic carbocycles. The van der Waals surface area contributed by atoms with Crippen LogP contribution >= 0.6 is 69.6 Å². The summed E-state index contributed by atoms with van der Waals surface area (Å²) in [6.07, 6.45) is 0. The van der Waals surface area contributed by atoms with Gasteiger partial charge in [-0.15, -0.1) is 0 Å². The number of alkyl halides is 2. The molecule has 0 atom stereocenters. The second kappa shape index (κ2) is 8.73. The molecule has 0 spiro atoms. The lowest BCUT2D eigenvalue weighted by Gasteiger charge is -2.29. The second-order valence-electron chi connectivity index (χ2n) is 8.09. The number of rotatable bonds is 6. The van der Waals surface area contributed by atoms with Crippen LogP contribution in [0.1, 0.15) is 52.7 Å². The van der Waals surface area contributed by atoms with Crippen molar-refractivity contribution in [3.8, 4) is 11.5 Å². The van der Waals surface area contributed by atoms with Gasteiger partial charge in [0.25, 0.3) is 0 Å². The smallest absolute Gasteiger partial charge is 0.177 e. The van der Waals surface area contributed by atoms with Crippen LogP contribution in [0.5, 0.6) is 11.5 Å². The number of ether oxygens (including phenoxy) is 2. The first kappa shape index (κ1) is 25.0. The fraction of sp³-hybridized carbons (Fsp3) is 0.429. The molecule has 0 N–H and O–H groups in total. The average molecular weight is 519 g/mol. The van der Waals surface area contributed by atoms with E-state index in [-0.39, 0.29) is 0 Å². The predicted octanol–water partition coefficient (Wildman–Crippen LogP) is 9.33. The minimum atomic E-state index is -0.947. The zero-order valence-corrected chi connectivity index (χ0v) is 21.4. The zero-order valence-electron chi connectivity index (χ0n) is 16.9. The van der Waals surface area contributed by atoms with Gasteiger partial charge in [0.05, 0.1) is 20.1 Å². The van der Waals surface area contributed by atoms with Gasteiger partial charge in [0.15, 0.2) is 21.6 Å². The van der Waals surface area contributed by atoms with Gasteiger partial charge in [0, 0.05) is 5.41 Å². The Balaban J connectivity index is 2.50. The quantitative estimate of drug-likeness (QED) is 0.354. The van der Waals surface area contributed by atoms with Gasteiger partial charge in [-0.25, -0.2) is 0 Å². The molecule has 0 fully saturated rings. The van der Waals surface area contributed by atoms with Crippen LogP contribution in [0.15, 0.2) is 24.3 Å². The Morgan fingerprint density at radius 3 is 1.00 bits per heavy atom. The molecule has 0 saturated carbocycles. The molecular formula is C21H22Cl6O2. The maximum atomic E-state index is 6.44. The molecule has 2 aromatic rings. The van der Waals surface area contributed by atoms with Crippen molar-refractivity contribution in [2.75, 3.05) is 0 Å². The van der Waals surface area contributed by atoms with Crippen LogP contribution in [0.3, 0.4) is 0 Å². The van der Waals surface area contributed by atoms with Gasteiger partial charge in [0.2, 0.25) is 0 Å². The lowest BCUT2D eigenvalue weighted by atomic mass is 9.78. The van der Waals surface area contributed by atoms with Crippen LogP contribution in [0.4, 0.5) is 0 Å². The van der Waals surface area contributed by atoms with E-state index in [1.807, 2.05) is 13.8 Å². The average Bonchev–Trinajstić information content (AvgIpc) is 2.52. The Bertz CT molecular complexity index is 791. The number of halogens is 6. The molecule has 160 valence electrons. The molecule has 0 radical (unpaired) electrons. The van der Waals surface area contributed by atoms with Gasteiger partial charge in [-0.2, -0.15) is 0 Å². The van der Waals surface area contributed by atoms with Crippen molar-refractivity contribution in [2.24, 2.45) is 0 Å². The molecule has 29 heavy (non-hydrogen) atoms. The molecule has 0 unspecified atom stereocenters. The first-order valence-electron chi connectivity index (χ1n) is 8.76. The Morgan fingerprint density at radius 2 is 0.793 bits per heavy atom. The predicted molar refractivity (Wildman–Crippen MR) is 126 cm³/mol. The van der Waals surface area contributed by atoms with Gasteiger partial charge < -0.3 is 9.47 Å². The summed E-state index contributed by atoms with van der Waals surface area (Å²) in [6, 6.07) is 7.16. The lowest BCUT2D eigenvalue weighted by Crippen LogP contribution is -2.22. The molecule has 0 heterocycles. The number of hydrogen-bond donors (Lipinski definition) is 0. The summed E-state index contributed by atoms with van der Waals surface area (Å²) in [6.45, 7) is 10.8. The van der Waals surface area contributed by atoms with E-state index in [0.717, 1.165) is 11.1 Å². The van der Waals surface area contributed by atoms with Gasteiger partial charge in [-0.3, -0.25) is 0 Å². The third-order valence-corrected chi connectivity index (χ3v) is 5.41. The Labute approximate surface area is 202 Å². The summed E-state index contributed by atoms with van der Waals surface area (Å²) in [5, 5.41) is -0.467.